The lowest BCUT2D eigenvalue weighted by atomic mass is 10.2. The minimum absolute atomic E-state index is 0.250. The van der Waals surface area contributed by atoms with Crippen molar-refractivity contribution in [3.63, 3.8) is 0 Å². The molecule has 0 saturated carbocycles. The first kappa shape index (κ1) is 23.3. The summed E-state index contributed by atoms with van der Waals surface area (Å²) in [5.41, 5.74) is 1.31. The molecule has 170 valence electrons. The number of thioether (sulfide) groups is 1. The van der Waals surface area contributed by atoms with Crippen LogP contribution in [0, 0.1) is 0 Å². The number of amides is 1. The van der Waals surface area contributed by atoms with Crippen LogP contribution in [0.3, 0.4) is 0 Å². The van der Waals surface area contributed by atoms with Crippen molar-refractivity contribution in [1.82, 2.24) is 4.57 Å². The summed E-state index contributed by atoms with van der Waals surface area (Å²) in [4.78, 5) is 18.1. The SMILES string of the molecule is CSCCn1c(=NC(=O)c2ccc(Oc3ccccc3)cc2)sc2cc(S(C)(=O)=O)ccc21. The van der Waals surface area contributed by atoms with Gasteiger partial charge < -0.3 is 9.30 Å². The average Bonchev–Trinajstić information content (AvgIpc) is 3.14. The van der Waals surface area contributed by atoms with Crippen molar-refractivity contribution in [2.75, 3.05) is 18.3 Å². The molecule has 0 aliphatic heterocycles. The van der Waals surface area contributed by atoms with Crippen LogP contribution < -0.4 is 9.54 Å². The minimum Gasteiger partial charge on any atom is -0.457 e. The number of rotatable bonds is 7. The van der Waals surface area contributed by atoms with Gasteiger partial charge in [-0.05, 0) is 60.9 Å². The molecule has 9 heteroatoms. The molecule has 1 amide bonds. The van der Waals surface area contributed by atoms with E-state index in [-0.39, 0.29) is 10.8 Å². The Balaban J connectivity index is 1.67. The summed E-state index contributed by atoms with van der Waals surface area (Å²) in [6.07, 6.45) is 3.20. The lowest BCUT2D eigenvalue weighted by Crippen LogP contribution is -2.18. The molecule has 0 unspecified atom stereocenters. The number of hydrogen-bond donors (Lipinski definition) is 0. The van der Waals surface area contributed by atoms with Crippen LogP contribution in [-0.2, 0) is 16.4 Å². The summed E-state index contributed by atoms with van der Waals surface area (Å²) in [5.74, 6) is 1.82. The number of nitrogens with zero attached hydrogens (tertiary/aromatic N) is 2. The highest BCUT2D eigenvalue weighted by Gasteiger charge is 2.13. The number of sulfone groups is 1. The van der Waals surface area contributed by atoms with E-state index in [0.29, 0.717) is 22.7 Å². The lowest BCUT2D eigenvalue weighted by molar-refractivity contribution is 0.0998. The van der Waals surface area contributed by atoms with Gasteiger partial charge in [-0.3, -0.25) is 4.79 Å². The first-order valence-corrected chi connectivity index (χ1v) is 14.2. The minimum atomic E-state index is -3.32. The van der Waals surface area contributed by atoms with Gasteiger partial charge >= 0.3 is 0 Å². The zero-order valence-electron chi connectivity index (χ0n) is 18.1. The fraction of sp³-hybridized carbons (Fsp3) is 0.167. The summed E-state index contributed by atoms with van der Waals surface area (Å²) in [5, 5.41) is 0. The third-order valence-electron chi connectivity index (χ3n) is 4.88. The molecular weight excluding hydrogens is 476 g/mol. The second-order valence-electron chi connectivity index (χ2n) is 7.29. The number of benzene rings is 3. The Labute approximate surface area is 200 Å². The summed E-state index contributed by atoms with van der Waals surface area (Å²) >= 11 is 3.00. The van der Waals surface area contributed by atoms with Gasteiger partial charge in [0.25, 0.3) is 5.91 Å². The third-order valence-corrected chi connectivity index (χ3v) is 7.62. The topological polar surface area (TPSA) is 77.7 Å². The molecule has 3 aromatic carbocycles. The van der Waals surface area contributed by atoms with Gasteiger partial charge in [-0.1, -0.05) is 29.5 Å². The highest BCUT2D eigenvalue weighted by Crippen LogP contribution is 2.23. The molecule has 6 nitrogen and oxygen atoms in total. The normalized spacial score (nSPS) is 12.2. The molecule has 4 rings (SSSR count). The Morgan fingerprint density at radius 2 is 1.73 bits per heavy atom. The molecule has 33 heavy (non-hydrogen) atoms. The number of thiazole rings is 1. The molecule has 1 heterocycles. The molecule has 0 atom stereocenters. The number of fused-ring (bicyclic) bond motifs is 1. The molecule has 0 saturated heterocycles. The van der Waals surface area contributed by atoms with Crippen molar-refractivity contribution in [3.8, 4) is 11.5 Å². The van der Waals surface area contributed by atoms with Gasteiger partial charge in [-0.2, -0.15) is 16.8 Å². The predicted molar refractivity (Wildman–Crippen MR) is 134 cm³/mol. The molecule has 0 spiro atoms. The lowest BCUT2D eigenvalue weighted by Gasteiger charge is -2.06. The number of aromatic nitrogens is 1. The van der Waals surface area contributed by atoms with Crippen molar-refractivity contribution in [3.05, 3.63) is 83.2 Å². The maximum atomic E-state index is 12.9. The van der Waals surface area contributed by atoms with Crippen LogP contribution >= 0.6 is 23.1 Å². The standard InChI is InChI=1S/C24H22N2O4S3/c1-31-15-14-26-21-13-12-20(33(2,28)29)16-22(21)32-24(26)25-23(27)17-8-10-19(11-9-17)30-18-6-4-3-5-7-18/h3-13,16H,14-15H2,1-2H3. The second kappa shape index (κ2) is 9.94. The van der Waals surface area contributed by atoms with E-state index in [1.807, 2.05) is 41.2 Å². The van der Waals surface area contributed by atoms with Crippen molar-refractivity contribution >= 4 is 49.1 Å². The molecule has 0 bridgehead atoms. The number of carbonyl (C=O) groups is 1. The largest absolute Gasteiger partial charge is 0.457 e. The maximum absolute atomic E-state index is 12.9. The molecular formula is C24H22N2O4S3. The third kappa shape index (κ3) is 5.55. The molecule has 0 N–H and O–H groups in total. The van der Waals surface area contributed by atoms with E-state index in [1.54, 1.807) is 54.2 Å². The summed E-state index contributed by atoms with van der Waals surface area (Å²) in [7, 11) is -3.32. The molecule has 0 aliphatic rings. The van der Waals surface area contributed by atoms with Gasteiger partial charge in [0.1, 0.15) is 11.5 Å². The smallest absolute Gasteiger partial charge is 0.279 e. The van der Waals surface area contributed by atoms with Crippen LogP contribution in [-0.4, -0.2) is 37.2 Å². The summed E-state index contributed by atoms with van der Waals surface area (Å²) in [6, 6.07) is 21.3. The molecule has 0 aliphatic carbocycles. The van der Waals surface area contributed by atoms with Crippen LogP contribution in [0.5, 0.6) is 11.5 Å². The number of aryl methyl sites for hydroxylation is 1. The monoisotopic (exact) mass is 498 g/mol. The highest BCUT2D eigenvalue weighted by molar-refractivity contribution is 7.98. The Bertz CT molecular complexity index is 1460. The number of ether oxygens (including phenoxy) is 1. The summed E-state index contributed by atoms with van der Waals surface area (Å²) in [6.45, 7) is 0.662. The zero-order valence-corrected chi connectivity index (χ0v) is 20.5. The zero-order chi connectivity index (χ0) is 23.4. The Kier molecular flexibility index (Phi) is 7.02. The van der Waals surface area contributed by atoms with Gasteiger partial charge in [0.05, 0.1) is 15.1 Å². The molecule has 4 aromatic rings. The van der Waals surface area contributed by atoms with Crippen molar-refractivity contribution in [1.29, 1.82) is 0 Å². The van der Waals surface area contributed by atoms with E-state index in [9.17, 15) is 13.2 Å². The van der Waals surface area contributed by atoms with Crippen molar-refractivity contribution in [2.45, 2.75) is 11.4 Å². The second-order valence-corrected chi connectivity index (χ2v) is 11.3. The molecule has 0 fully saturated rings. The van der Waals surface area contributed by atoms with Gasteiger partial charge in [-0.25, -0.2) is 8.42 Å². The van der Waals surface area contributed by atoms with Gasteiger partial charge in [0.15, 0.2) is 14.6 Å². The maximum Gasteiger partial charge on any atom is 0.279 e. The Hall–Kier alpha value is -2.88. The number of carbonyl (C=O) groups excluding carboxylic acids is 1. The van der Waals surface area contributed by atoms with E-state index in [2.05, 4.69) is 4.99 Å². The van der Waals surface area contributed by atoms with Gasteiger partial charge in [-0.15, -0.1) is 0 Å². The number of para-hydroxylation sites is 1. The predicted octanol–water partition coefficient (Wildman–Crippen LogP) is 5.00. The Morgan fingerprint density at radius 1 is 1.03 bits per heavy atom. The van der Waals surface area contributed by atoms with Crippen molar-refractivity contribution in [2.24, 2.45) is 4.99 Å². The first-order valence-electron chi connectivity index (χ1n) is 10.1. The number of hydrogen-bond acceptors (Lipinski definition) is 6. The van der Waals surface area contributed by atoms with Crippen LogP contribution in [0.4, 0.5) is 0 Å². The van der Waals surface area contributed by atoms with Crippen LogP contribution in [0.2, 0.25) is 0 Å². The quantitative estimate of drug-likeness (QED) is 0.358. The van der Waals surface area contributed by atoms with E-state index in [0.717, 1.165) is 21.7 Å². The fourth-order valence-electron chi connectivity index (χ4n) is 3.21. The van der Waals surface area contributed by atoms with Crippen LogP contribution in [0.15, 0.2) is 82.7 Å². The van der Waals surface area contributed by atoms with Gasteiger partial charge in [0, 0.05) is 24.1 Å². The summed E-state index contributed by atoms with van der Waals surface area (Å²) < 4.78 is 32.4. The first-order chi connectivity index (χ1) is 15.8. The van der Waals surface area contributed by atoms with Crippen LogP contribution in [0.25, 0.3) is 10.2 Å². The van der Waals surface area contributed by atoms with E-state index >= 15 is 0 Å². The Morgan fingerprint density at radius 3 is 2.39 bits per heavy atom. The van der Waals surface area contributed by atoms with E-state index in [4.69, 9.17) is 4.74 Å². The highest BCUT2D eigenvalue weighted by atomic mass is 32.2. The van der Waals surface area contributed by atoms with E-state index in [1.165, 1.54) is 17.6 Å². The van der Waals surface area contributed by atoms with Crippen molar-refractivity contribution < 1.29 is 17.9 Å². The van der Waals surface area contributed by atoms with E-state index < -0.39 is 9.84 Å². The average molecular weight is 499 g/mol. The van der Waals surface area contributed by atoms with Gasteiger partial charge in [0.2, 0.25) is 0 Å². The molecule has 0 radical (unpaired) electrons. The molecule has 1 aromatic heterocycles. The fourth-order valence-corrected chi connectivity index (χ4v) is 5.39. The van der Waals surface area contributed by atoms with Crippen LogP contribution in [0.1, 0.15) is 10.4 Å².